The molecule has 1 N–H and O–H groups in total. The SMILES string of the molecule is N#Cc1ccccc1NC(=O)C1(c2cc(-c3ccccc3F)on2)CC1. The van der Waals surface area contributed by atoms with Gasteiger partial charge >= 0.3 is 0 Å². The summed E-state index contributed by atoms with van der Waals surface area (Å²) in [5.74, 6) is -0.365. The van der Waals surface area contributed by atoms with Crippen molar-refractivity contribution in [1.82, 2.24) is 5.16 Å². The van der Waals surface area contributed by atoms with Crippen molar-refractivity contribution < 1.29 is 13.7 Å². The summed E-state index contributed by atoms with van der Waals surface area (Å²) in [6.45, 7) is 0. The standard InChI is InChI=1S/C20H14FN3O2/c21-15-7-3-2-6-14(15)17-11-18(24-26-17)20(9-10-20)19(25)23-16-8-4-1-5-13(16)12-22/h1-8,11H,9-10H2,(H,23,25). The van der Waals surface area contributed by atoms with Gasteiger partial charge in [-0.15, -0.1) is 0 Å². The van der Waals surface area contributed by atoms with E-state index < -0.39 is 11.2 Å². The zero-order valence-corrected chi connectivity index (χ0v) is 13.7. The topological polar surface area (TPSA) is 78.9 Å². The van der Waals surface area contributed by atoms with Crippen LogP contribution in [0.2, 0.25) is 0 Å². The van der Waals surface area contributed by atoms with E-state index in [9.17, 15) is 9.18 Å². The van der Waals surface area contributed by atoms with Gasteiger partial charge in [-0.1, -0.05) is 29.4 Å². The molecule has 1 aromatic heterocycles. The Morgan fingerprint density at radius 3 is 2.65 bits per heavy atom. The van der Waals surface area contributed by atoms with E-state index in [0.717, 1.165) is 0 Å². The molecule has 3 aromatic rings. The molecule has 0 bridgehead atoms. The van der Waals surface area contributed by atoms with Crippen LogP contribution in [0.15, 0.2) is 59.1 Å². The van der Waals surface area contributed by atoms with Gasteiger partial charge in [0.2, 0.25) is 5.91 Å². The smallest absolute Gasteiger partial charge is 0.236 e. The monoisotopic (exact) mass is 347 g/mol. The molecule has 0 spiro atoms. The summed E-state index contributed by atoms with van der Waals surface area (Å²) in [5, 5.41) is 16.0. The summed E-state index contributed by atoms with van der Waals surface area (Å²) in [7, 11) is 0. The molecular weight excluding hydrogens is 333 g/mol. The molecule has 1 aliphatic rings. The number of nitriles is 1. The first-order valence-corrected chi connectivity index (χ1v) is 8.17. The van der Waals surface area contributed by atoms with Crippen LogP contribution in [0.3, 0.4) is 0 Å². The number of amides is 1. The van der Waals surface area contributed by atoms with Crippen LogP contribution in [0.1, 0.15) is 24.1 Å². The van der Waals surface area contributed by atoms with Crippen molar-refractivity contribution in [1.29, 1.82) is 5.26 Å². The molecule has 0 aliphatic heterocycles. The van der Waals surface area contributed by atoms with Crippen LogP contribution in [0.5, 0.6) is 0 Å². The molecule has 1 amide bonds. The van der Waals surface area contributed by atoms with Crippen molar-refractivity contribution >= 4 is 11.6 Å². The summed E-state index contributed by atoms with van der Waals surface area (Å²) in [6.07, 6.45) is 1.24. The first-order valence-electron chi connectivity index (χ1n) is 8.17. The molecule has 128 valence electrons. The Kier molecular flexibility index (Phi) is 3.77. The van der Waals surface area contributed by atoms with E-state index in [4.69, 9.17) is 9.78 Å². The number of halogens is 1. The molecule has 5 nitrogen and oxygen atoms in total. The zero-order valence-electron chi connectivity index (χ0n) is 13.7. The fourth-order valence-corrected chi connectivity index (χ4v) is 2.94. The van der Waals surface area contributed by atoms with Gasteiger partial charge in [0.05, 0.1) is 27.9 Å². The number of anilines is 1. The van der Waals surface area contributed by atoms with Crippen LogP contribution in [0.25, 0.3) is 11.3 Å². The molecule has 0 radical (unpaired) electrons. The van der Waals surface area contributed by atoms with Crippen molar-refractivity contribution in [2.45, 2.75) is 18.3 Å². The third-order valence-electron chi connectivity index (χ3n) is 4.62. The molecule has 6 heteroatoms. The lowest BCUT2D eigenvalue weighted by atomic mass is 9.99. The van der Waals surface area contributed by atoms with Crippen molar-refractivity contribution in [3.63, 3.8) is 0 Å². The Labute approximate surface area is 149 Å². The predicted octanol–water partition coefficient (Wildman–Crippen LogP) is 4.02. The number of carbonyl (C=O) groups is 1. The third kappa shape index (κ3) is 2.64. The molecule has 0 unspecified atom stereocenters. The van der Waals surface area contributed by atoms with Crippen LogP contribution in [-0.2, 0) is 10.2 Å². The van der Waals surface area contributed by atoms with Gasteiger partial charge in [0.25, 0.3) is 0 Å². The van der Waals surface area contributed by atoms with E-state index in [2.05, 4.69) is 16.5 Å². The molecule has 26 heavy (non-hydrogen) atoms. The normalized spacial score (nSPS) is 14.5. The summed E-state index contributed by atoms with van der Waals surface area (Å²) in [5.41, 5.74) is 0.836. The first-order chi connectivity index (χ1) is 12.6. The molecule has 1 heterocycles. The molecule has 0 saturated heterocycles. The van der Waals surface area contributed by atoms with Crippen molar-refractivity contribution in [3.8, 4) is 17.4 Å². The van der Waals surface area contributed by atoms with Gasteiger partial charge in [-0.3, -0.25) is 4.79 Å². The van der Waals surface area contributed by atoms with Crippen LogP contribution in [0.4, 0.5) is 10.1 Å². The maximum absolute atomic E-state index is 13.9. The van der Waals surface area contributed by atoms with E-state index in [1.54, 1.807) is 48.5 Å². The Morgan fingerprint density at radius 2 is 1.92 bits per heavy atom. The quantitative estimate of drug-likeness (QED) is 0.773. The number of hydrogen-bond acceptors (Lipinski definition) is 4. The molecule has 4 rings (SSSR count). The van der Waals surface area contributed by atoms with E-state index in [0.29, 0.717) is 35.3 Å². The number of aromatic nitrogens is 1. The van der Waals surface area contributed by atoms with Crippen LogP contribution >= 0.6 is 0 Å². The van der Waals surface area contributed by atoms with Crippen LogP contribution < -0.4 is 5.32 Å². The van der Waals surface area contributed by atoms with Gasteiger partial charge in [-0.05, 0) is 37.1 Å². The van der Waals surface area contributed by atoms with Crippen molar-refractivity contribution in [2.75, 3.05) is 5.32 Å². The van der Waals surface area contributed by atoms with Crippen LogP contribution in [-0.4, -0.2) is 11.1 Å². The third-order valence-corrected chi connectivity index (χ3v) is 4.62. The Balaban J connectivity index is 1.61. The number of nitrogens with one attached hydrogen (secondary N) is 1. The van der Waals surface area contributed by atoms with E-state index in [-0.39, 0.29) is 11.7 Å². The largest absolute Gasteiger partial charge is 0.356 e. The molecule has 1 saturated carbocycles. The summed E-state index contributed by atoms with van der Waals surface area (Å²) < 4.78 is 19.2. The lowest BCUT2D eigenvalue weighted by Crippen LogP contribution is -2.28. The average molecular weight is 347 g/mol. The highest BCUT2D eigenvalue weighted by Crippen LogP contribution is 2.49. The first kappa shape index (κ1) is 16.0. The Bertz CT molecular complexity index is 1030. The van der Waals surface area contributed by atoms with Gasteiger partial charge in [0.1, 0.15) is 11.9 Å². The van der Waals surface area contributed by atoms with Gasteiger partial charge in [-0.2, -0.15) is 5.26 Å². The van der Waals surface area contributed by atoms with E-state index in [1.165, 1.54) is 6.07 Å². The lowest BCUT2D eigenvalue weighted by molar-refractivity contribution is -0.118. The van der Waals surface area contributed by atoms with Crippen LogP contribution in [0, 0.1) is 17.1 Å². The second kappa shape index (κ2) is 6.12. The van der Waals surface area contributed by atoms with E-state index in [1.807, 2.05) is 0 Å². The number of rotatable bonds is 4. The highest BCUT2D eigenvalue weighted by molar-refractivity contribution is 6.01. The van der Waals surface area contributed by atoms with Gasteiger partial charge in [-0.25, -0.2) is 4.39 Å². The molecule has 2 aromatic carbocycles. The van der Waals surface area contributed by atoms with Gasteiger partial charge in [0.15, 0.2) is 5.76 Å². The number of benzene rings is 2. The number of para-hydroxylation sites is 1. The number of carbonyl (C=O) groups excluding carboxylic acids is 1. The molecule has 0 atom stereocenters. The average Bonchev–Trinajstić information content (AvgIpc) is 3.33. The van der Waals surface area contributed by atoms with E-state index >= 15 is 0 Å². The lowest BCUT2D eigenvalue weighted by Gasteiger charge is -2.13. The minimum absolute atomic E-state index is 0.242. The zero-order chi connectivity index (χ0) is 18.1. The molecule has 1 aliphatic carbocycles. The maximum Gasteiger partial charge on any atom is 0.236 e. The second-order valence-electron chi connectivity index (χ2n) is 6.25. The van der Waals surface area contributed by atoms with Crippen molar-refractivity contribution in [2.24, 2.45) is 0 Å². The summed E-state index contributed by atoms with van der Waals surface area (Å²) >= 11 is 0. The molecule has 1 fully saturated rings. The predicted molar refractivity (Wildman–Crippen MR) is 92.6 cm³/mol. The second-order valence-corrected chi connectivity index (χ2v) is 6.25. The Morgan fingerprint density at radius 1 is 1.19 bits per heavy atom. The summed E-state index contributed by atoms with van der Waals surface area (Å²) in [4.78, 5) is 12.8. The van der Waals surface area contributed by atoms with Gasteiger partial charge < -0.3 is 9.84 Å². The Hall–Kier alpha value is -3.46. The minimum atomic E-state index is -0.796. The fraction of sp³-hybridized carbons (Fsp3) is 0.150. The number of hydrogen-bond donors (Lipinski definition) is 1. The number of nitrogens with zero attached hydrogens (tertiary/aromatic N) is 2. The minimum Gasteiger partial charge on any atom is -0.356 e. The highest BCUT2D eigenvalue weighted by atomic mass is 19.1. The highest BCUT2D eigenvalue weighted by Gasteiger charge is 2.54. The maximum atomic E-state index is 13.9. The van der Waals surface area contributed by atoms with Gasteiger partial charge in [0, 0.05) is 6.07 Å². The molecular formula is C20H14FN3O2. The summed E-state index contributed by atoms with van der Waals surface area (Å²) in [6, 6.07) is 16.7. The van der Waals surface area contributed by atoms with Crippen molar-refractivity contribution in [3.05, 3.63) is 71.7 Å². The fourth-order valence-electron chi connectivity index (χ4n) is 2.94.